The molecule has 0 radical (unpaired) electrons. The molecule has 1 aromatic heterocycles. The highest BCUT2D eigenvalue weighted by Gasteiger charge is 2.21. The van der Waals surface area contributed by atoms with Crippen molar-refractivity contribution < 1.29 is 19.1 Å². The van der Waals surface area contributed by atoms with Gasteiger partial charge in [-0.2, -0.15) is 0 Å². The van der Waals surface area contributed by atoms with Gasteiger partial charge in [-0.3, -0.25) is 4.79 Å². The second kappa shape index (κ2) is 5.89. The molecule has 1 amide bonds. The van der Waals surface area contributed by atoms with Gasteiger partial charge >= 0.3 is 5.97 Å². The van der Waals surface area contributed by atoms with Crippen LogP contribution >= 0.6 is 0 Å². The van der Waals surface area contributed by atoms with Crippen molar-refractivity contribution in [3.05, 3.63) is 36.3 Å². The Balaban J connectivity index is 2.77. The van der Waals surface area contributed by atoms with E-state index < -0.39 is 17.9 Å². The highest BCUT2D eigenvalue weighted by atomic mass is 16.4. The maximum atomic E-state index is 11.8. The normalized spacial score (nSPS) is 11.8. The van der Waals surface area contributed by atoms with Gasteiger partial charge in [-0.15, -0.1) is 6.58 Å². The monoisotopic (exact) mass is 237 g/mol. The Bertz CT molecular complexity index is 422. The van der Waals surface area contributed by atoms with Crippen molar-refractivity contribution in [3.8, 4) is 0 Å². The van der Waals surface area contributed by atoms with E-state index in [1.54, 1.807) is 0 Å². The minimum atomic E-state index is -1.08. The van der Waals surface area contributed by atoms with E-state index in [1.165, 1.54) is 18.4 Å². The van der Waals surface area contributed by atoms with E-state index in [0.29, 0.717) is 17.7 Å². The molecule has 1 heterocycles. The zero-order chi connectivity index (χ0) is 12.8. The highest BCUT2D eigenvalue weighted by molar-refractivity contribution is 5.97. The fraction of sp³-hybridized carbons (Fsp3) is 0.333. The fourth-order valence-corrected chi connectivity index (χ4v) is 1.44. The average Bonchev–Trinajstić information content (AvgIpc) is 2.76. The van der Waals surface area contributed by atoms with E-state index in [4.69, 9.17) is 9.52 Å². The number of aliphatic carboxylic acids is 1. The maximum absolute atomic E-state index is 11.8. The van der Waals surface area contributed by atoms with Crippen molar-refractivity contribution in [2.75, 3.05) is 0 Å². The lowest BCUT2D eigenvalue weighted by molar-refractivity contribution is -0.139. The Morgan fingerprint density at radius 3 is 2.88 bits per heavy atom. The third-order valence-electron chi connectivity index (χ3n) is 2.32. The second-order valence-corrected chi connectivity index (χ2v) is 3.50. The van der Waals surface area contributed by atoms with Gasteiger partial charge in [0.05, 0.1) is 11.8 Å². The zero-order valence-electron chi connectivity index (χ0n) is 9.60. The van der Waals surface area contributed by atoms with Gasteiger partial charge in [0.1, 0.15) is 11.8 Å². The number of hydrogen-bond acceptors (Lipinski definition) is 3. The first-order valence-electron chi connectivity index (χ1n) is 5.31. The fourth-order valence-electron chi connectivity index (χ4n) is 1.44. The third-order valence-corrected chi connectivity index (χ3v) is 2.32. The minimum absolute atomic E-state index is 0.181. The number of carbonyl (C=O) groups is 2. The Morgan fingerprint density at radius 2 is 2.35 bits per heavy atom. The van der Waals surface area contributed by atoms with Crippen LogP contribution in [0.4, 0.5) is 0 Å². The molecule has 0 spiro atoms. The Hall–Kier alpha value is -2.04. The molecule has 0 bridgehead atoms. The number of carboxylic acid groups (broad SMARTS) is 1. The summed E-state index contributed by atoms with van der Waals surface area (Å²) in [5.74, 6) is -0.977. The SMILES string of the molecule is C=CCC(NC(=O)c1ccoc1CC)C(=O)O. The largest absolute Gasteiger partial charge is 0.480 e. The highest BCUT2D eigenvalue weighted by Crippen LogP contribution is 2.11. The molecule has 0 aliphatic rings. The molecule has 0 aliphatic heterocycles. The molecule has 2 N–H and O–H groups in total. The number of amides is 1. The predicted molar refractivity (Wildman–Crippen MR) is 61.8 cm³/mol. The summed E-state index contributed by atoms with van der Waals surface area (Å²) in [4.78, 5) is 22.7. The van der Waals surface area contributed by atoms with Crippen LogP contribution in [-0.4, -0.2) is 23.0 Å². The van der Waals surface area contributed by atoms with Crippen LogP contribution in [-0.2, 0) is 11.2 Å². The molecule has 0 aromatic carbocycles. The molecule has 0 saturated carbocycles. The van der Waals surface area contributed by atoms with E-state index in [9.17, 15) is 9.59 Å². The number of carbonyl (C=O) groups excluding carboxylic acids is 1. The first-order valence-corrected chi connectivity index (χ1v) is 5.31. The molecule has 0 saturated heterocycles. The number of furan rings is 1. The lowest BCUT2D eigenvalue weighted by atomic mass is 10.1. The summed E-state index contributed by atoms with van der Waals surface area (Å²) >= 11 is 0. The van der Waals surface area contributed by atoms with E-state index in [2.05, 4.69) is 11.9 Å². The number of rotatable bonds is 6. The molecule has 17 heavy (non-hydrogen) atoms. The smallest absolute Gasteiger partial charge is 0.326 e. The van der Waals surface area contributed by atoms with Gasteiger partial charge in [-0.25, -0.2) is 4.79 Å². The average molecular weight is 237 g/mol. The lowest BCUT2D eigenvalue weighted by Gasteiger charge is -2.12. The summed E-state index contributed by atoms with van der Waals surface area (Å²) in [7, 11) is 0. The molecule has 0 fully saturated rings. The van der Waals surface area contributed by atoms with Crippen molar-refractivity contribution in [1.82, 2.24) is 5.32 Å². The molecule has 5 nitrogen and oxygen atoms in total. The number of hydrogen-bond donors (Lipinski definition) is 2. The van der Waals surface area contributed by atoms with Gasteiger partial charge in [0.15, 0.2) is 0 Å². The summed E-state index contributed by atoms with van der Waals surface area (Å²) in [6, 6.07) is 0.570. The molecule has 1 aromatic rings. The van der Waals surface area contributed by atoms with Gasteiger partial charge in [0, 0.05) is 6.42 Å². The minimum Gasteiger partial charge on any atom is -0.480 e. The summed E-state index contributed by atoms with van der Waals surface area (Å²) in [5.41, 5.74) is 0.378. The van der Waals surface area contributed by atoms with E-state index >= 15 is 0 Å². The molecular weight excluding hydrogens is 222 g/mol. The first kappa shape index (κ1) is 13.0. The van der Waals surface area contributed by atoms with Crippen LogP contribution < -0.4 is 5.32 Å². The summed E-state index contributed by atoms with van der Waals surface area (Å²) in [6.07, 6.45) is 3.63. The van der Waals surface area contributed by atoms with Crippen LogP contribution in [0.3, 0.4) is 0 Å². The topological polar surface area (TPSA) is 79.5 Å². The molecule has 1 atom stereocenters. The second-order valence-electron chi connectivity index (χ2n) is 3.50. The lowest BCUT2D eigenvalue weighted by Crippen LogP contribution is -2.40. The number of aryl methyl sites for hydroxylation is 1. The molecular formula is C12H15NO4. The summed E-state index contributed by atoms with van der Waals surface area (Å²) in [5, 5.41) is 11.3. The maximum Gasteiger partial charge on any atom is 0.326 e. The number of nitrogens with one attached hydrogen (secondary N) is 1. The van der Waals surface area contributed by atoms with Gasteiger partial charge < -0.3 is 14.8 Å². The van der Waals surface area contributed by atoms with Gasteiger partial charge in [-0.1, -0.05) is 13.0 Å². The van der Waals surface area contributed by atoms with Crippen LogP contribution in [0.15, 0.2) is 29.4 Å². The van der Waals surface area contributed by atoms with Gasteiger partial charge in [-0.05, 0) is 12.5 Å². The number of carboxylic acids is 1. The molecule has 5 heteroatoms. The summed E-state index contributed by atoms with van der Waals surface area (Å²) in [6.45, 7) is 5.31. The quantitative estimate of drug-likeness (QED) is 0.736. The van der Waals surface area contributed by atoms with Crippen molar-refractivity contribution in [3.63, 3.8) is 0 Å². The van der Waals surface area contributed by atoms with Crippen molar-refractivity contribution in [1.29, 1.82) is 0 Å². The molecule has 0 aliphatic carbocycles. The Labute approximate surface area is 99.1 Å². The van der Waals surface area contributed by atoms with Crippen molar-refractivity contribution >= 4 is 11.9 Å². The van der Waals surface area contributed by atoms with Crippen molar-refractivity contribution in [2.45, 2.75) is 25.8 Å². The van der Waals surface area contributed by atoms with Crippen LogP contribution in [0.1, 0.15) is 29.5 Å². The van der Waals surface area contributed by atoms with E-state index in [1.807, 2.05) is 6.92 Å². The van der Waals surface area contributed by atoms with Gasteiger partial charge in [0.25, 0.3) is 5.91 Å². The standard InChI is InChI=1S/C12H15NO4/c1-3-5-9(12(15)16)13-11(14)8-6-7-17-10(8)4-2/h3,6-7,9H,1,4-5H2,2H3,(H,13,14)(H,15,16). The molecule has 92 valence electrons. The summed E-state index contributed by atoms with van der Waals surface area (Å²) < 4.78 is 5.11. The zero-order valence-corrected chi connectivity index (χ0v) is 9.60. The van der Waals surface area contributed by atoms with Gasteiger partial charge in [0.2, 0.25) is 0 Å². The third kappa shape index (κ3) is 3.21. The first-order chi connectivity index (χ1) is 8.10. The van der Waals surface area contributed by atoms with Crippen LogP contribution in [0, 0.1) is 0 Å². The Morgan fingerprint density at radius 1 is 1.65 bits per heavy atom. The van der Waals surface area contributed by atoms with Crippen LogP contribution in [0.5, 0.6) is 0 Å². The van der Waals surface area contributed by atoms with E-state index in [-0.39, 0.29) is 6.42 Å². The van der Waals surface area contributed by atoms with Crippen molar-refractivity contribution in [2.24, 2.45) is 0 Å². The van der Waals surface area contributed by atoms with E-state index in [0.717, 1.165) is 0 Å². The molecule has 1 rings (SSSR count). The van der Waals surface area contributed by atoms with Crippen LogP contribution in [0.2, 0.25) is 0 Å². The van der Waals surface area contributed by atoms with Crippen LogP contribution in [0.25, 0.3) is 0 Å². The molecule has 1 unspecified atom stereocenters. The Kier molecular flexibility index (Phi) is 4.51. The predicted octanol–water partition coefficient (Wildman–Crippen LogP) is 1.60.